The van der Waals surface area contributed by atoms with Crippen LogP contribution in [0, 0.1) is 18.6 Å². The van der Waals surface area contributed by atoms with Crippen molar-refractivity contribution in [3.05, 3.63) is 29.3 Å². The molecule has 0 radical (unpaired) electrons. The molecule has 98 valence electrons. The highest BCUT2D eigenvalue weighted by atomic mass is 19.1. The SMILES string of the molecule is Cc1cc(F)c(NC(=O)C2(C)CCCN2)cc1F. The lowest BCUT2D eigenvalue weighted by atomic mass is 9.99. The largest absolute Gasteiger partial charge is 0.322 e. The molecule has 1 aromatic rings. The lowest BCUT2D eigenvalue weighted by Gasteiger charge is -2.23. The molecule has 0 saturated carbocycles. The maximum atomic E-state index is 13.6. The molecule has 0 spiro atoms. The van der Waals surface area contributed by atoms with Crippen LogP contribution < -0.4 is 10.6 Å². The second-order valence-electron chi connectivity index (χ2n) is 4.90. The number of halogens is 2. The average molecular weight is 254 g/mol. The Morgan fingerprint density at radius 3 is 2.72 bits per heavy atom. The molecule has 1 aromatic carbocycles. The molecule has 1 saturated heterocycles. The monoisotopic (exact) mass is 254 g/mol. The van der Waals surface area contributed by atoms with Crippen molar-refractivity contribution in [1.29, 1.82) is 0 Å². The van der Waals surface area contributed by atoms with Gasteiger partial charge >= 0.3 is 0 Å². The van der Waals surface area contributed by atoms with Gasteiger partial charge in [-0.3, -0.25) is 4.79 Å². The van der Waals surface area contributed by atoms with E-state index >= 15 is 0 Å². The number of rotatable bonds is 2. The van der Waals surface area contributed by atoms with Gasteiger partial charge in [-0.1, -0.05) is 0 Å². The van der Waals surface area contributed by atoms with Gasteiger partial charge in [0.05, 0.1) is 11.2 Å². The van der Waals surface area contributed by atoms with Gasteiger partial charge in [0.15, 0.2) is 0 Å². The lowest BCUT2D eigenvalue weighted by molar-refractivity contribution is -0.121. The van der Waals surface area contributed by atoms with Crippen molar-refractivity contribution in [3.8, 4) is 0 Å². The normalized spacial score (nSPS) is 23.1. The second kappa shape index (κ2) is 4.65. The second-order valence-corrected chi connectivity index (χ2v) is 4.90. The molecule has 1 aliphatic heterocycles. The van der Waals surface area contributed by atoms with Crippen molar-refractivity contribution in [2.45, 2.75) is 32.2 Å². The third-order valence-electron chi connectivity index (χ3n) is 3.37. The fraction of sp³-hybridized carbons (Fsp3) is 0.462. The van der Waals surface area contributed by atoms with E-state index in [1.165, 1.54) is 6.92 Å². The summed E-state index contributed by atoms with van der Waals surface area (Å²) in [4.78, 5) is 12.0. The van der Waals surface area contributed by atoms with E-state index in [9.17, 15) is 13.6 Å². The molecule has 2 rings (SSSR count). The van der Waals surface area contributed by atoms with E-state index in [-0.39, 0.29) is 17.2 Å². The van der Waals surface area contributed by atoms with Crippen molar-refractivity contribution in [3.63, 3.8) is 0 Å². The van der Waals surface area contributed by atoms with Crippen LogP contribution in [0.1, 0.15) is 25.3 Å². The first-order chi connectivity index (χ1) is 8.42. The minimum Gasteiger partial charge on any atom is -0.322 e. The molecule has 1 fully saturated rings. The zero-order valence-corrected chi connectivity index (χ0v) is 10.4. The summed E-state index contributed by atoms with van der Waals surface area (Å²) >= 11 is 0. The van der Waals surface area contributed by atoms with Crippen LogP contribution in [0.5, 0.6) is 0 Å². The van der Waals surface area contributed by atoms with Crippen LogP contribution in [0.2, 0.25) is 0 Å². The van der Waals surface area contributed by atoms with Gasteiger partial charge in [0.25, 0.3) is 0 Å². The van der Waals surface area contributed by atoms with Gasteiger partial charge in [-0.15, -0.1) is 0 Å². The van der Waals surface area contributed by atoms with Gasteiger partial charge in [-0.25, -0.2) is 8.78 Å². The Kier molecular flexibility index (Phi) is 3.34. The van der Waals surface area contributed by atoms with Gasteiger partial charge in [0.2, 0.25) is 5.91 Å². The summed E-state index contributed by atoms with van der Waals surface area (Å²) in [6, 6.07) is 2.09. The van der Waals surface area contributed by atoms with Crippen LogP contribution >= 0.6 is 0 Å². The number of anilines is 1. The van der Waals surface area contributed by atoms with Crippen molar-refractivity contribution < 1.29 is 13.6 Å². The molecule has 2 N–H and O–H groups in total. The number of aryl methyl sites for hydroxylation is 1. The molecule has 18 heavy (non-hydrogen) atoms. The molecule has 1 aliphatic rings. The van der Waals surface area contributed by atoms with Crippen molar-refractivity contribution >= 4 is 11.6 Å². The molecular weight excluding hydrogens is 238 g/mol. The number of carbonyl (C=O) groups excluding carboxylic acids is 1. The quantitative estimate of drug-likeness (QED) is 0.850. The highest BCUT2D eigenvalue weighted by molar-refractivity contribution is 5.98. The standard InChI is InChI=1S/C13H16F2N2O/c1-8-6-10(15)11(7-9(8)14)17-12(18)13(2)4-3-5-16-13/h6-7,16H,3-5H2,1-2H3,(H,17,18). The number of nitrogens with one attached hydrogen (secondary N) is 2. The number of amides is 1. The number of hydrogen-bond acceptors (Lipinski definition) is 2. The number of benzene rings is 1. The van der Waals surface area contributed by atoms with Gasteiger partial charge in [-0.05, 0) is 44.9 Å². The molecular formula is C13H16F2N2O. The van der Waals surface area contributed by atoms with Gasteiger partial charge < -0.3 is 10.6 Å². The highest BCUT2D eigenvalue weighted by Crippen LogP contribution is 2.23. The Morgan fingerprint density at radius 1 is 1.39 bits per heavy atom. The van der Waals surface area contributed by atoms with E-state index in [0.717, 1.165) is 25.1 Å². The van der Waals surface area contributed by atoms with E-state index in [2.05, 4.69) is 10.6 Å². The van der Waals surface area contributed by atoms with E-state index < -0.39 is 17.2 Å². The third-order valence-corrected chi connectivity index (χ3v) is 3.37. The summed E-state index contributed by atoms with van der Waals surface area (Å²) in [5.41, 5.74) is -0.595. The average Bonchev–Trinajstić information content (AvgIpc) is 2.74. The molecule has 0 aromatic heterocycles. The fourth-order valence-electron chi connectivity index (χ4n) is 2.09. The minimum atomic E-state index is -0.701. The topological polar surface area (TPSA) is 41.1 Å². The summed E-state index contributed by atoms with van der Waals surface area (Å²) in [5.74, 6) is -1.48. The van der Waals surface area contributed by atoms with Crippen LogP contribution in [-0.2, 0) is 4.79 Å². The molecule has 3 nitrogen and oxygen atoms in total. The molecule has 1 atom stereocenters. The smallest absolute Gasteiger partial charge is 0.244 e. The van der Waals surface area contributed by atoms with Crippen LogP contribution in [-0.4, -0.2) is 18.0 Å². The zero-order chi connectivity index (χ0) is 13.3. The Balaban J connectivity index is 2.19. The first-order valence-electron chi connectivity index (χ1n) is 5.94. The Hall–Kier alpha value is -1.49. The van der Waals surface area contributed by atoms with Gasteiger partial charge in [-0.2, -0.15) is 0 Å². The summed E-state index contributed by atoms with van der Waals surface area (Å²) in [5, 5.41) is 5.51. The van der Waals surface area contributed by atoms with Crippen molar-refractivity contribution in [2.75, 3.05) is 11.9 Å². The Bertz CT molecular complexity index is 482. The summed E-state index contributed by atoms with van der Waals surface area (Å²) in [6.45, 7) is 4.00. The maximum absolute atomic E-state index is 13.6. The predicted molar refractivity (Wildman–Crippen MR) is 65.4 cm³/mol. The highest BCUT2D eigenvalue weighted by Gasteiger charge is 2.36. The molecule has 1 unspecified atom stereocenters. The van der Waals surface area contributed by atoms with E-state index in [1.807, 2.05) is 0 Å². The third kappa shape index (κ3) is 2.36. The van der Waals surface area contributed by atoms with E-state index in [1.54, 1.807) is 6.92 Å². The molecule has 5 heteroatoms. The van der Waals surface area contributed by atoms with Gasteiger partial charge in [0, 0.05) is 6.07 Å². The molecule has 0 aliphatic carbocycles. The first kappa shape index (κ1) is 13.0. The van der Waals surface area contributed by atoms with E-state index in [4.69, 9.17) is 0 Å². The van der Waals surface area contributed by atoms with Crippen molar-refractivity contribution in [2.24, 2.45) is 0 Å². The predicted octanol–water partition coefficient (Wildman–Crippen LogP) is 2.35. The molecule has 1 heterocycles. The Morgan fingerprint density at radius 2 is 2.11 bits per heavy atom. The van der Waals surface area contributed by atoms with Crippen LogP contribution in [0.3, 0.4) is 0 Å². The van der Waals surface area contributed by atoms with Crippen LogP contribution in [0.25, 0.3) is 0 Å². The van der Waals surface area contributed by atoms with Crippen LogP contribution in [0.15, 0.2) is 12.1 Å². The summed E-state index contributed by atoms with van der Waals surface area (Å²) < 4.78 is 26.9. The summed E-state index contributed by atoms with van der Waals surface area (Å²) in [6.07, 6.45) is 1.59. The Labute approximate surface area is 105 Å². The van der Waals surface area contributed by atoms with Gasteiger partial charge in [0.1, 0.15) is 11.6 Å². The molecule has 1 amide bonds. The van der Waals surface area contributed by atoms with E-state index in [0.29, 0.717) is 6.42 Å². The minimum absolute atomic E-state index is 0.113. The lowest BCUT2D eigenvalue weighted by Crippen LogP contribution is -2.48. The molecule has 0 bridgehead atoms. The fourth-order valence-corrected chi connectivity index (χ4v) is 2.09. The number of carbonyl (C=O) groups is 1. The zero-order valence-electron chi connectivity index (χ0n) is 10.4. The first-order valence-corrected chi connectivity index (χ1v) is 5.94. The van der Waals surface area contributed by atoms with Crippen molar-refractivity contribution in [1.82, 2.24) is 5.32 Å². The number of hydrogen-bond donors (Lipinski definition) is 2. The summed E-state index contributed by atoms with van der Waals surface area (Å²) in [7, 11) is 0. The van der Waals surface area contributed by atoms with Crippen LogP contribution in [0.4, 0.5) is 14.5 Å². The maximum Gasteiger partial charge on any atom is 0.244 e.